The third kappa shape index (κ3) is 2.23. The number of hydrazine groups is 1. The van der Waals surface area contributed by atoms with Crippen molar-refractivity contribution in [3.8, 4) is 0 Å². The third-order valence-electron chi connectivity index (χ3n) is 2.19. The van der Waals surface area contributed by atoms with Crippen LogP contribution in [0, 0.1) is 6.92 Å². The van der Waals surface area contributed by atoms with Crippen LogP contribution in [0.4, 0.5) is 0 Å². The number of hydrogen-bond acceptors (Lipinski definition) is 2. The summed E-state index contributed by atoms with van der Waals surface area (Å²) in [4.78, 5) is 0. The molecule has 0 aliphatic rings. The van der Waals surface area contributed by atoms with Gasteiger partial charge < -0.3 is 0 Å². The van der Waals surface area contributed by atoms with Crippen LogP contribution in [0.3, 0.4) is 0 Å². The molecule has 3 heteroatoms. The maximum absolute atomic E-state index is 5.49. The molecule has 0 aliphatic heterocycles. The van der Waals surface area contributed by atoms with Gasteiger partial charge in [-0.1, -0.05) is 46.3 Å². The molecule has 0 fully saturated rings. The number of aryl methyl sites for hydroxylation is 1. The minimum absolute atomic E-state index is 0.00396. The van der Waals surface area contributed by atoms with Crippen molar-refractivity contribution in [3.63, 3.8) is 0 Å². The van der Waals surface area contributed by atoms with E-state index < -0.39 is 0 Å². The van der Waals surface area contributed by atoms with E-state index in [-0.39, 0.29) is 6.04 Å². The van der Waals surface area contributed by atoms with Gasteiger partial charge in [-0.15, -0.1) is 0 Å². The number of benzene rings is 1. The predicted octanol–water partition coefficient (Wildman–Crippen LogP) is 2.84. The van der Waals surface area contributed by atoms with Gasteiger partial charge in [0.05, 0.1) is 6.04 Å². The Balaban J connectivity index is 3.16. The summed E-state index contributed by atoms with van der Waals surface area (Å²) in [6.07, 6.45) is 0. The molecule has 0 heterocycles. The normalized spacial score (nSPS) is 12.6. The minimum atomic E-state index is 0.00396. The largest absolute Gasteiger partial charge is 0.271 e. The summed E-state index contributed by atoms with van der Waals surface area (Å²) in [6.45, 7) is 7.92. The molecule has 0 spiro atoms. The first-order valence-electron chi connectivity index (χ1n) is 4.44. The van der Waals surface area contributed by atoms with Crippen molar-refractivity contribution in [2.75, 3.05) is 0 Å². The molecule has 0 aliphatic carbocycles. The van der Waals surface area contributed by atoms with Gasteiger partial charge in [-0.05, 0) is 25.0 Å². The summed E-state index contributed by atoms with van der Waals surface area (Å²) >= 11 is 3.55. The van der Waals surface area contributed by atoms with Crippen LogP contribution in [0.15, 0.2) is 34.8 Å². The fourth-order valence-corrected chi connectivity index (χ4v) is 1.88. The predicted molar refractivity (Wildman–Crippen MR) is 63.8 cm³/mol. The summed E-state index contributed by atoms with van der Waals surface area (Å²) in [7, 11) is 0. The fourth-order valence-electron chi connectivity index (χ4n) is 1.39. The molecule has 1 unspecified atom stereocenters. The van der Waals surface area contributed by atoms with Crippen molar-refractivity contribution in [1.82, 2.24) is 5.43 Å². The summed E-state index contributed by atoms with van der Waals surface area (Å²) < 4.78 is 1.09. The summed E-state index contributed by atoms with van der Waals surface area (Å²) in [5, 5.41) is 0. The van der Waals surface area contributed by atoms with Gasteiger partial charge >= 0.3 is 0 Å². The average Bonchev–Trinajstić information content (AvgIpc) is 2.13. The molecule has 1 aromatic rings. The Labute approximate surface area is 93.3 Å². The summed E-state index contributed by atoms with van der Waals surface area (Å²) in [5.74, 6) is 5.49. The highest BCUT2D eigenvalue weighted by Gasteiger charge is 2.13. The first-order chi connectivity index (χ1) is 6.57. The number of halogens is 1. The third-order valence-corrected chi connectivity index (χ3v) is 3.28. The van der Waals surface area contributed by atoms with Gasteiger partial charge in [0.15, 0.2) is 0 Å². The summed E-state index contributed by atoms with van der Waals surface area (Å²) in [6, 6.07) is 6.11. The molecule has 1 rings (SSSR count). The zero-order chi connectivity index (χ0) is 10.7. The fraction of sp³-hybridized carbons (Fsp3) is 0.273. The Bertz CT molecular complexity index is 347. The second kappa shape index (κ2) is 4.73. The second-order valence-electron chi connectivity index (χ2n) is 3.42. The van der Waals surface area contributed by atoms with E-state index in [2.05, 4.69) is 40.9 Å². The molecule has 3 N–H and O–H groups in total. The van der Waals surface area contributed by atoms with E-state index in [9.17, 15) is 0 Å². The Morgan fingerprint density at radius 3 is 2.71 bits per heavy atom. The van der Waals surface area contributed by atoms with Gasteiger partial charge in [-0.3, -0.25) is 5.84 Å². The molecule has 0 aromatic heterocycles. The molecule has 1 aromatic carbocycles. The Morgan fingerprint density at radius 1 is 1.57 bits per heavy atom. The van der Waals surface area contributed by atoms with Crippen LogP contribution in [0.1, 0.15) is 24.1 Å². The van der Waals surface area contributed by atoms with Gasteiger partial charge in [0, 0.05) is 4.47 Å². The van der Waals surface area contributed by atoms with Gasteiger partial charge in [-0.2, -0.15) is 0 Å². The molecular weight excluding hydrogens is 240 g/mol. The van der Waals surface area contributed by atoms with Crippen LogP contribution >= 0.6 is 15.9 Å². The second-order valence-corrected chi connectivity index (χ2v) is 4.22. The highest BCUT2D eigenvalue weighted by molar-refractivity contribution is 9.10. The van der Waals surface area contributed by atoms with Crippen molar-refractivity contribution in [3.05, 3.63) is 46.0 Å². The van der Waals surface area contributed by atoms with Crippen LogP contribution in [-0.2, 0) is 0 Å². The Kier molecular flexibility index (Phi) is 3.86. The standard InChI is InChI=1S/C11H15BrN2/c1-7(2)11(14-13)9-6-4-5-8(3)10(9)12/h4-6,11,14H,1,13H2,2-3H3. The minimum Gasteiger partial charge on any atom is -0.271 e. The van der Waals surface area contributed by atoms with E-state index in [0.29, 0.717) is 0 Å². The number of nitrogens with two attached hydrogens (primary N) is 1. The van der Waals surface area contributed by atoms with E-state index in [0.717, 1.165) is 15.6 Å². The molecule has 1 atom stereocenters. The molecule has 0 amide bonds. The van der Waals surface area contributed by atoms with E-state index in [1.54, 1.807) is 0 Å². The van der Waals surface area contributed by atoms with E-state index >= 15 is 0 Å². The average molecular weight is 255 g/mol. The van der Waals surface area contributed by atoms with Crippen molar-refractivity contribution in [1.29, 1.82) is 0 Å². The molecule has 2 nitrogen and oxygen atoms in total. The highest BCUT2D eigenvalue weighted by atomic mass is 79.9. The molecular formula is C11H15BrN2. The quantitative estimate of drug-likeness (QED) is 0.495. The first-order valence-corrected chi connectivity index (χ1v) is 5.23. The highest BCUT2D eigenvalue weighted by Crippen LogP contribution is 2.29. The van der Waals surface area contributed by atoms with E-state index in [1.165, 1.54) is 5.56 Å². The maximum Gasteiger partial charge on any atom is 0.0675 e. The Hall–Kier alpha value is -0.640. The summed E-state index contributed by atoms with van der Waals surface area (Å²) in [5.41, 5.74) is 6.08. The lowest BCUT2D eigenvalue weighted by atomic mass is 10.00. The van der Waals surface area contributed by atoms with E-state index in [1.807, 2.05) is 19.1 Å². The zero-order valence-corrected chi connectivity index (χ0v) is 10.1. The van der Waals surface area contributed by atoms with Gasteiger partial charge in [0.25, 0.3) is 0 Å². The smallest absolute Gasteiger partial charge is 0.0675 e. The van der Waals surface area contributed by atoms with Crippen molar-refractivity contribution >= 4 is 15.9 Å². The molecule has 0 bridgehead atoms. The maximum atomic E-state index is 5.49. The number of hydrogen-bond donors (Lipinski definition) is 2. The zero-order valence-electron chi connectivity index (χ0n) is 8.47. The van der Waals surface area contributed by atoms with Crippen molar-refractivity contribution < 1.29 is 0 Å². The van der Waals surface area contributed by atoms with Gasteiger partial charge in [0.2, 0.25) is 0 Å². The van der Waals surface area contributed by atoms with Crippen LogP contribution in [-0.4, -0.2) is 0 Å². The van der Waals surface area contributed by atoms with Crippen molar-refractivity contribution in [2.24, 2.45) is 5.84 Å². The van der Waals surface area contributed by atoms with Gasteiger partial charge in [-0.25, -0.2) is 5.43 Å². The van der Waals surface area contributed by atoms with Crippen LogP contribution in [0.25, 0.3) is 0 Å². The molecule has 0 saturated heterocycles. The lowest BCUT2D eigenvalue weighted by Crippen LogP contribution is -2.28. The van der Waals surface area contributed by atoms with E-state index in [4.69, 9.17) is 5.84 Å². The van der Waals surface area contributed by atoms with Crippen molar-refractivity contribution in [2.45, 2.75) is 19.9 Å². The number of nitrogens with one attached hydrogen (secondary N) is 1. The molecule has 0 saturated carbocycles. The van der Waals surface area contributed by atoms with Crippen LogP contribution in [0.2, 0.25) is 0 Å². The SMILES string of the molecule is C=C(C)C(NN)c1cccc(C)c1Br. The molecule has 76 valence electrons. The molecule has 14 heavy (non-hydrogen) atoms. The van der Waals surface area contributed by atoms with Crippen LogP contribution < -0.4 is 11.3 Å². The molecule has 0 radical (unpaired) electrons. The lowest BCUT2D eigenvalue weighted by molar-refractivity contribution is 0.624. The van der Waals surface area contributed by atoms with Gasteiger partial charge in [0.1, 0.15) is 0 Å². The monoisotopic (exact) mass is 254 g/mol. The van der Waals surface area contributed by atoms with Crippen LogP contribution in [0.5, 0.6) is 0 Å². The lowest BCUT2D eigenvalue weighted by Gasteiger charge is -2.18. The Morgan fingerprint density at radius 2 is 2.21 bits per heavy atom. The topological polar surface area (TPSA) is 38.0 Å². The first kappa shape index (κ1) is 11.4. The number of rotatable bonds is 3.